The van der Waals surface area contributed by atoms with E-state index in [9.17, 15) is 0 Å². The summed E-state index contributed by atoms with van der Waals surface area (Å²) in [4.78, 5) is 19.7. The van der Waals surface area contributed by atoms with Crippen molar-refractivity contribution in [2.24, 2.45) is 0 Å². The van der Waals surface area contributed by atoms with Gasteiger partial charge in [0.05, 0.1) is 35.6 Å². The summed E-state index contributed by atoms with van der Waals surface area (Å²) in [7, 11) is 4.46. The number of benzene rings is 2. The first-order valence-corrected chi connectivity index (χ1v) is 14.2. The van der Waals surface area contributed by atoms with E-state index in [1.807, 2.05) is 0 Å². The number of fused-ring (bicyclic) bond motifs is 2. The number of hydrogen-bond donors (Lipinski definition) is 0. The van der Waals surface area contributed by atoms with Gasteiger partial charge in [0.15, 0.2) is 0 Å². The third kappa shape index (κ3) is 8.27. The van der Waals surface area contributed by atoms with Crippen molar-refractivity contribution in [3.05, 3.63) is 84.2 Å². The van der Waals surface area contributed by atoms with Gasteiger partial charge < -0.3 is 14.5 Å². The van der Waals surface area contributed by atoms with Gasteiger partial charge in [-0.3, -0.25) is 19.8 Å². The molecule has 206 valence electrons. The van der Waals surface area contributed by atoms with E-state index in [0.29, 0.717) is 0 Å². The minimum Gasteiger partial charge on any atom is -0.379 e. The molecule has 0 amide bonds. The van der Waals surface area contributed by atoms with Gasteiger partial charge >= 0.3 is 0 Å². The molecule has 0 radical (unpaired) electrons. The lowest BCUT2D eigenvalue weighted by atomic mass is 10.2. The number of likely N-dealkylation sites (N-methyl/N-ethyl adjacent to an activating group) is 2. The molecular formula is C32H42N6O. The maximum absolute atomic E-state index is 6.19. The number of ether oxygens (including phenoxy) is 1. The Balaban J connectivity index is 1.22. The topological polar surface area (TPSA) is 48.0 Å². The summed E-state index contributed by atoms with van der Waals surface area (Å²) in [5.41, 5.74) is 4.35. The normalized spacial score (nSPS) is 18.7. The van der Waals surface area contributed by atoms with Crippen LogP contribution >= 0.6 is 0 Å². The molecule has 0 unspecified atom stereocenters. The van der Waals surface area contributed by atoms with E-state index >= 15 is 0 Å². The molecule has 0 spiro atoms. The van der Waals surface area contributed by atoms with Crippen molar-refractivity contribution >= 4 is 21.8 Å². The molecule has 5 rings (SSSR count). The minimum atomic E-state index is 0.721. The van der Waals surface area contributed by atoms with Crippen LogP contribution in [0.4, 0.5) is 0 Å². The molecule has 0 N–H and O–H groups in total. The highest BCUT2D eigenvalue weighted by molar-refractivity contribution is 5.79. The first-order chi connectivity index (χ1) is 19.1. The Hall–Kier alpha value is -2.94. The second kappa shape index (κ2) is 13.9. The average Bonchev–Trinajstić information content (AvgIpc) is 2.97. The van der Waals surface area contributed by atoms with Crippen LogP contribution in [0.1, 0.15) is 11.4 Å². The van der Waals surface area contributed by atoms with Crippen molar-refractivity contribution in [1.82, 2.24) is 29.6 Å². The lowest BCUT2D eigenvalue weighted by Crippen LogP contribution is -2.39. The van der Waals surface area contributed by atoms with E-state index in [2.05, 4.69) is 106 Å². The molecule has 0 bridgehead atoms. The zero-order valence-corrected chi connectivity index (χ0v) is 23.5. The van der Waals surface area contributed by atoms with E-state index < -0.39 is 0 Å². The fraction of sp³-hybridized carbons (Fsp3) is 0.438. The van der Waals surface area contributed by atoms with Crippen LogP contribution in [-0.2, 0) is 17.8 Å². The van der Waals surface area contributed by atoms with E-state index in [4.69, 9.17) is 14.7 Å². The fourth-order valence-electron chi connectivity index (χ4n) is 5.07. The number of rotatable bonds is 4. The molecule has 39 heavy (non-hydrogen) atoms. The number of pyridine rings is 2. The van der Waals surface area contributed by atoms with Gasteiger partial charge in [0.1, 0.15) is 0 Å². The van der Waals surface area contributed by atoms with Crippen LogP contribution in [-0.4, -0.2) is 109 Å². The first kappa shape index (κ1) is 27.6. The highest BCUT2D eigenvalue weighted by Gasteiger charge is 2.13. The summed E-state index contributed by atoms with van der Waals surface area (Å²) in [5, 5.41) is 2.38. The van der Waals surface area contributed by atoms with Gasteiger partial charge in [-0.1, -0.05) is 48.5 Å². The predicted octanol–water partition coefficient (Wildman–Crippen LogP) is 3.98. The van der Waals surface area contributed by atoms with Crippen LogP contribution in [0, 0.1) is 0 Å². The van der Waals surface area contributed by atoms with Crippen LogP contribution in [0.3, 0.4) is 0 Å². The highest BCUT2D eigenvalue weighted by atomic mass is 16.5. The van der Waals surface area contributed by atoms with Crippen LogP contribution in [0.5, 0.6) is 0 Å². The summed E-state index contributed by atoms with van der Waals surface area (Å²) in [6, 6.07) is 25.4. The Morgan fingerprint density at radius 2 is 0.974 bits per heavy atom. The van der Waals surface area contributed by atoms with Crippen LogP contribution in [0.25, 0.3) is 21.8 Å². The quantitative estimate of drug-likeness (QED) is 0.399. The van der Waals surface area contributed by atoms with Crippen molar-refractivity contribution in [1.29, 1.82) is 0 Å². The van der Waals surface area contributed by atoms with Crippen LogP contribution < -0.4 is 0 Å². The van der Waals surface area contributed by atoms with Gasteiger partial charge in [0.25, 0.3) is 0 Å². The molecular weight excluding hydrogens is 484 g/mol. The molecule has 4 aromatic rings. The lowest BCUT2D eigenvalue weighted by molar-refractivity contribution is 0.0766. The van der Waals surface area contributed by atoms with Crippen molar-refractivity contribution in [2.75, 3.05) is 79.7 Å². The number of hydrogen-bond acceptors (Lipinski definition) is 7. The van der Waals surface area contributed by atoms with Gasteiger partial charge in [0, 0.05) is 76.2 Å². The molecule has 1 aliphatic heterocycles. The average molecular weight is 527 g/mol. The summed E-state index contributed by atoms with van der Waals surface area (Å²) in [5.74, 6) is 0. The SMILES string of the molecule is CN1CCN(C)CCN(Cc2ccc3ccccc3n2)CCOCCN(Cc2ccc3ccccc3n2)CC1. The predicted molar refractivity (Wildman–Crippen MR) is 160 cm³/mol. The monoisotopic (exact) mass is 526 g/mol. The largest absolute Gasteiger partial charge is 0.379 e. The van der Waals surface area contributed by atoms with Gasteiger partial charge in [0.2, 0.25) is 0 Å². The number of nitrogens with zero attached hydrogens (tertiary/aromatic N) is 6. The van der Waals surface area contributed by atoms with Crippen molar-refractivity contribution in [2.45, 2.75) is 13.1 Å². The maximum Gasteiger partial charge on any atom is 0.0705 e. The van der Waals surface area contributed by atoms with Crippen molar-refractivity contribution in [3.63, 3.8) is 0 Å². The minimum absolute atomic E-state index is 0.721. The first-order valence-electron chi connectivity index (χ1n) is 14.2. The second-order valence-corrected chi connectivity index (χ2v) is 10.8. The van der Waals surface area contributed by atoms with E-state index in [0.717, 1.165) is 101 Å². The smallest absolute Gasteiger partial charge is 0.0705 e. The molecule has 1 aliphatic rings. The summed E-state index contributed by atoms with van der Waals surface area (Å²) >= 11 is 0. The standard InChI is InChI=1S/C32H42N6O/c1-35-15-16-36(2)18-20-38(26-30-14-12-28-8-4-6-10-32(28)34-30)22-24-39-23-21-37(19-17-35)25-29-13-11-27-7-3-5-9-31(27)33-29/h3-14H,15-26H2,1-2H3. The van der Waals surface area contributed by atoms with Crippen LogP contribution in [0.15, 0.2) is 72.8 Å². The van der Waals surface area contributed by atoms with Crippen LogP contribution in [0.2, 0.25) is 0 Å². The van der Waals surface area contributed by atoms with Gasteiger partial charge in [-0.15, -0.1) is 0 Å². The van der Waals surface area contributed by atoms with E-state index in [-0.39, 0.29) is 0 Å². The third-order valence-corrected chi connectivity index (χ3v) is 7.65. The lowest BCUT2D eigenvalue weighted by Gasteiger charge is -2.27. The summed E-state index contributed by atoms with van der Waals surface area (Å²) in [6.07, 6.45) is 0. The van der Waals surface area contributed by atoms with Gasteiger partial charge in [-0.2, -0.15) is 0 Å². The fourth-order valence-corrected chi connectivity index (χ4v) is 5.07. The molecule has 2 aromatic carbocycles. The highest BCUT2D eigenvalue weighted by Crippen LogP contribution is 2.14. The second-order valence-electron chi connectivity index (χ2n) is 10.8. The number of aromatic nitrogens is 2. The van der Waals surface area contributed by atoms with E-state index in [1.54, 1.807) is 0 Å². The Labute approximate surface area is 233 Å². The Bertz CT molecular complexity index is 1230. The molecule has 0 saturated carbocycles. The Kier molecular flexibility index (Phi) is 9.86. The van der Waals surface area contributed by atoms with Gasteiger partial charge in [-0.25, -0.2) is 0 Å². The number of para-hydroxylation sites is 2. The third-order valence-electron chi connectivity index (χ3n) is 7.65. The zero-order valence-electron chi connectivity index (χ0n) is 23.5. The maximum atomic E-state index is 6.19. The molecule has 7 heteroatoms. The molecule has 1 saturated heterocycles. The van der Waals surface area contributed by atoms with E-state index in [1.165, 1.54) is 10.8 Å². The van der Waals surface area contributed by atoms with Crippen molar-refractivity contribution in [3.8, 4) is 0 Å². The Morgan fingerprint density at radius 3 is 1.46 bits per heavy atom. The zero-order chi connectivity index (χ0) is 26.9. The Morgan fingerprint density at radius 1 is 0.538 bits per heavy atom. The molecule has 1 fully saturated rings. The molecule has 3 heterocycles. The summed E-state index contributed by atoms with van der Waals surface area (Å²) < 4.78 is 6.19. The molecule has 0 aliphatic carbocycles. The van der Waals surface area contributed by atoms with Crippen molar-refractivity contribution < 1.29 is 4.74 Å². The van der Waals surface area contributed by atoms with Gasteiger partial charge in [-0.05, 0) is 38.4 Å². The molecule has 2 aromatic heterocycles. The molecule has 0 atom stereocenters. The molecule has 7 nitrogen and oxygen atoms in total. The summed E-state index contributed by atoms with van der Waals surface area (Å²) in [6.45, 7) is 11.1.